The molecule has 4 aromatic rings. The third-order valence-corrected chi connectivity index (χ3v) is 5.49. The number of anilines is 1. The lowest BCUT2D eigenvalue weighted by Crippen LogP contribution is -2.35. The quantitative estimate of drug-likeness (QED) is 0.480. The molecule has 0 aliphatic heterocycles. The van der Waals surface area contributed by atoms with Gasteiger partial charge >= 0.3 is 5.97 Å². The minimum Gasteiger partial charge on any atom is -0.465 e. The number of nitrogens with zero attached hydrogens (tertiary/aromatic N) is 5. The van der Waals surface area contributed by atoms with Crippen LogP contribution >= 0.6 is 0 Å². The van der Waals surface area contributed by atoms with E-state index in [1.807, 2.05) is 57.4 Å². The molecule has 0 aliphatic carbocycles. The average molecular weight is 419 g/mol. The Hall–Kier alpha value is -3.52. The largest absolute Gasteiger partial charge is 0.465 e. The first-order chi connectivity index (χ1) is 14.9. The van der Waals surface area contributed by atoms with E-state index >= 15 is 0 Å². The molecule has 2 heterocycles. The number of nitrogens with one attached hydrogen (secondary N) is 1. The molecule has 4 rings (SSSR count). The molecule has 8 heteroatoms. The molecule has 0 fully saturated rings. The minimum absolute atomic E-state index is 0.0177. The van der Waals surface area contributed by atoms with E-state index in [2.05, 4.69) is 27.3 Å². The third kappa shape index (κ3) is 3.82. The van der Waals surface area contributed by atoms with Crippen LogP contribution in [0.3, 0.4) is 0 Å². The van der Waals surface area contributed by atoms with Crippen molar-refractivity contribution in [1.29, 1.82) is 0 Å². The fourth-order valence-corrected chi connectivity index (χ4v) is 4.05. The van der Waals surface area contributed by atoms with Crippen molar-refractivity contribution in [2.75, 3.05) is 26.5 Å². The lowest BCUT2D eigenvalue weighted by atomic mass is 9.98. The first kappa shape index (κ1) is 20.7. The lowest BCUT2D eigenvalue weighted by Gasteiger charge is -2.31. The van der Waals surface area contributed by atoms with E-state index in [1.54, 1.807) is 16.6 Å². The molecule has 160 valence electrons. The standard InChI is InChI=1S/C23H26N6O2/c1-14(20(28(3)4)16-10-12-17(13-11-16)23(30)31-5)24-21-18-8-6-7-9-19(18)22-26-25-15(2)29(22)27-21/h6-14,20H,1-5H3,(H,24,27)/t14-,20+/m0/s1. The van der Waals surface area contributed by atoms with E-state index in [0.29, 0.717) is 5.56 Å². The van der Waals surface area contributed by atoms with Gasteiger partial charge in [0.05, 0.1) is 18.7 Å². The van der Waals surface area contributed by atoms with E-state index in [-0.39, 0.29) is 18.1 Å². The number of benzene rings is 2. The van der Waals surface area contributed by atoms with Crippen molar-refractivity contribution in [3.05, 3.63) is 65.5 Å². The van der Waals surface area contributed by atoms with E-state index in [4.69, 9.17) is 9.84 Å². The topological polar surface area (TPSA) is 84.6 Å². The Balaban J connectivity index is 1.71. The van der Waals surface area contributed by atoms with Crippen molar-refractivity contribution in [1.82, 2.24) is 24.7 Å². The number of carbonyl (C=O) groups is 1. The Morgan fingerprint density at radius 2 is 1.74 bits per heavy atom. The van der Waals surface area contributed by atoms with E-state index < -0.39 is 0 Å². The van der Waals surface area contributed by atoms with Crippen LogP contribution in [0.4, 0.5) is 5.82 Å². The van der Waals surface area contributed by atoms with Crippen LogP contribution in [0.25, 0.3) is 16.4 Å². The molecule has 8 nitrogen and oxygen atoms in total. The van der Waals surface area contributed by atoms with Crippen LogP contribution < -0.4 is 5.32 Å². The molecule has 0 spiro atoms. The van der Waals surface area contributed by atoms with Gasteiger partial charge < -0.3 is 15.0 Å². The Bertz CT molecular complexity index is 1230. The summed E-state index contributed by atoms with van der Waals surface area (Å²) in [6.45, 7) is 4.01. The predicted octanol–water partition coefficient (Wildman–Crippen LogP) is 3.48. The normalized spacial score (nSPS) is 13.5. The molecule has 0 amide bonds. The van der Waals surface area contributed by atoms with Gasteiger partial charge in [0.1, 0.15) is 0 Å². The third-order valence-electron chi connectivity index (χ3n) is 5.49. The van der Waals surface area contributed by atoms with Crippen LogP contribution in [-0.4, -0.2) is 57.9 Å². The Kier molecular flexibility index (Phi) is 5.56. The van der Waals surface area contributed by atoms with Crippen LogP contribution in [0.1, 0.15) is 34.7 Å². The zero-order valence-corrected chi connectivity index (χ0v) is 18.3. The summed E-state index contributed by atoms with van der Waals surface area (Å²) in [5.41, 5.74) is 2.36. The summed E-state index contributed by atoms with van der Waals surface area (Å²) in [4.78, 5) is 13.9. The number of likely N-dealkylation sites (N-methyl/N-ethyl adjacent to an activating group) is 1. The van der Waals surface area contributed by atoms with Crippen molar-refractivity contribution in [3.63, 3.8) is 0 Å². The second kappa shape index (κ2) is 8.31. The molecule has 1 N–H and O–H groups in total. The number of hydrogen-bond acceptors (Lipinski definition) is 7. The van der Waals surface area contributed by atoms with Gasteiger partial charge in [-0.1, -0.05) is 36.4 Å². The SMILES string of the molecule is COC(=O)c1ccc([C@@H]([C@H](C)Nc2nn3c(C)nnc3c3ccccc23)N(C)C)cc1. The first-order valence-corrected chi connectivity index (χ1v) is 10.1. The summed E-state index contributed by atoms with van der Waals surface area (Å²) in [5.74, 6) is 1.17. The van der Waals surface area contributed by atoms with Crippen molar-refractivity contribution >= 4 is 28.2 Å². The number of rotatable bonds is 6. The highest BCUT2D eigenvalue weighted by Crippen LogP contribution is 2.29. The second-order valence-electron chi connectivity index (χ2n) is 7.83. The molecule has 0 unspecified atom stereocenters. The number of esters is 1. The summed E-state index contributed by atoms with van der Waals surface area (Å²) in [6.07, 6.45) is 0. The van der Waals surface area contributed by atoms with Gasteiger partial charge in [0.15, 0.2) is 17.3 Å². The Morgan fingerprint density at radius 3 is 2.39 bits per heavy atom. The van der Waals surface area contributed by atoms with Crippen molar-refractivity contribution < 1.29 is 9.53 Å². The second-order valence-corrected chi connectivity index (χ2v) is 7.83. The van der Waals surface area contributed by atoms with Crippen LogP contribution in [0.5, 0.6) is 0 Å². The average Bonchev–Trinajstić information content (AvgIpc) is 3.14. The molecule has 2 atom stereocenters. The van der Waals surface area contributed by atoms with Gasteiger partial charge in [-0.15, -0.1) is 15.3 Å². The molecule has 0 radical (unpaired) electrons. The summed E-state index contributed by atoms with van der Waals surface area (Å²) >= 11 is 0. The molecule has 0 aliphatic rings. The molecule has 31 heavy (non-hydrogen) atoms. The minimum atomic E-state index is -0.340. The highest BCUT2D eigenvalue weighted by Gasteiger charge is 2.24. The van der Waals surface area contributed by atoms with Gasteiger partial charge in [-0.2, -0.15) is 4.52 Å². The Morgan fingerprint density at radius 1 is 1.06 bits per heavy atom. The number of aryl methyl sites for hydroxylation is 1. The van der Waals surface area contributed by atoms with Crippen molar-refractivity contribution in [2.45, 2.75) is 25.9 Å². The van der Waals surface area contributed by atoms with Crippen LogP contribution in [0, 0.1) is 6.92 Å². The zero-order valence-electron chi connectivity index (χ0n) is 18.3. The maximum Gasteiger partial charge on any atom is 0.337 e. The van der Waals surface area contributed by atoms with Gasteiger partial charge in [0.25, 0.3) is 0 Å². The predicted molar refractivity (Wildman–Crippen MR) is 120 cm³/mol. The molecule has 0 saturated carbocycles. The highest BCUT2D eigenvalue weighted by molar-refractivity contribution is 6.00. The molecular formula is C23H26N6O2. The number of aromatic nitrogens is 4. The summed E-state index contributed by atoms with van der Waals surface area (Å²) in [7, 11) is 5.46. The highest BCUT2D eigenvalue weighted by atomic mass is 16.5. The number of carbonyl (C=O) groups excluding carboxylic acids is 1. The van der Waals surface area contributed by atoms with Crippen LogP contribution in [0.2, 0.25) is 0 Å². The van der Waals surface area contributed by atoms with Gasteiger partial charge in [0, 0.05) is 16.8 Å². The lowest BCUT2D eigenvalue weighted by molar-refractivity contribution is 0.0600. The fourth-order valence-electron chi connectivity index (χ4n) is 4.05. The van der Waals surface area contributed by atoms with Crippen LogP contribution in [0.15, 0.2) is 48.5 Å². The van der Waals surface area contributed by atoms with Gasteiger partial charge in [-0.05, 0) is 45.6 Å². The van der Waals surface area contributed by atoms with E-state index in [0.717, 1.165) is 33.6 Å². The maximum atomic E-state index is 11.8. The molecule has 0 saturated heterocycles. The summed E-state index contributed by atoms with van der Waals surface area (Å²) in [5, 5.41) is 18.8. The van der Waals surface area contributed by atoms with E-state index in [9.17, 15) is 4.79 Å². The number of fused-ring (bicyclic) bond motifs is 3. The fraction of sp³-hybridized carbons (Fsp3) is 0.304. The van der Waals surface area contributed by atoms with Gasteiger partial charge in [-0.25, -0.2) is 4.79 Å². The number of methoxy groups -OCH3 is 1. The van der Waals surface area contributed by atoms with Gasteiger partial charge in [-0.3, -0.25) is 0 Å². The number of hydrogen-bond donors (Lipinski definition) is 1. The summed E-state index contributed by atoms with van der Waals surface area (Å²) < 4.78 is 6.58. The smallest absolute Gasteiger partial charge is 0.337 e. The number of ether oxygens (including phenoxy) is 1. The van der Waals surface area contributed by atoms with E-state index in [1.165, 1.54) is 7.11 Å². The summed E-state index contributed by atoms with van der Waals surface area (Å²) in [6, 6.07) is 15.6. The maximum absolute atomic E-state index is 11.8. The molecule has 0 bridgehead atoms. The Labute approximate surface area is 180 Å². The zero-order chi connectivity index (χ0) is 22.1. The van der Waals surface area contributed by atoms with Gasteiger partial charge in [0.2, 0.25) is 0 Å². The molecular weight excluding hydrogens is 392 g/mol. The molecule has 2 aromatic carbocycles. The van der Waals surface area contributed by atoms with Crippen molar-refractivity contribution in [3.8, 4) is 0 Å². The first-order valence-electron chi connectivity index (χ1n) is 10.1. The molecule has 2 aromatic heterocycles. The van der Waals surface area contributed by atoms with Crippen LogP contribution in [-0.2, 0) is 4.74 Å². The van der Waals surface area contributed by atoms with Crippen molar-refractivity contribution in [2.24, 2.45) is 0 Å². The monoisotopic (exact) mass is 418 g/mol.